The van der Waals surface area contributed by atoms with Crippen LogP contribution in [0.25, 0.3) is 0 Å². The van der Waals surface area contributed by atoms with E-state index < -0.39 is 0 Å². The maximum absolute atomic E-state index is 5.70. The molecule has 3 heteroatoms. The highest BCUT2D eigenvalue weighted by Crippen LogP contribution is 2.32. The molecule has 1 aromatic carbocycles. The fourth-order valence-electron chi connectivity index (χ4n) is 2.33. The van der Waals surface area contributed by atoms with Gasteiger partial charge in [0.25, 0.3) is 0 Å². The molecule has 0 fully saturated rings. The fraction of sp³-hybridized carbons (Fsp3) is 0.600. The average Bonchev–Trinajstić information content (AvgIpc) is 2.35. The van der Waals surface area contributed by atoms with Crippen LogP contribution in [0.15, 0.2) is 12.1 Å². The van der Waals surface area contributed by atoms with Crippen LogP contribution >= 0.6 is 0 Å². The Balaban J connectivity index is 3.17. The van der Waals surface area contributed by atoms with Crippen molar-refractivity contribution in [2.75, 3.05) is 20.8 Å². The number of hydrogen-bond acceptors (Lipinski definition) is 3. The van der Waals surface area contributed by atoms with Gasteiger partial charge in [-0.2, -0.15) is 0 Å². The minimum Gasteiger partial charge on any atom is -0.496 e. The van der Waals surface area contributed by atoms with Crippen molar-refractivity contribution in [2.24, 2.45) is 0 Å². The zero-order chi connectivity index (χ0) is 13.7. The summed E-state index contributed by atoms with van der Waals surface area (Å²) in [5.41, 5.74) is 3.59. The van der Waals surface area contributed by atoms with Gasteiger partial charge in [0, 0.05) is 12.2 Å². The number of nitrogens with one attached hydrogen (secondary N) is 1. The SMILES string of the molecule is CCOC(C)C(NC)c1ccc(C)c(C)c1OC. The third-order valence-corrected chi connectivity index (χ3v) is 3.46. The molecule has 2 atom stereocenters. The zero-order valence-electron chi connectivity index (χ0n) is 12.3. The van der Waals surface area contributed by atoms with Crippen LogP contribution in [0, 0.1) is 13.8 Å². The van der Waals surface area contributed by atoms with Crippen LogP contribution in [0.2, 0.25) is 0 Å². The van der Waals surface area contributed by atoms with Gasteiger partial charge in [-0.3, -0.25) is 0 Å². The van der Waals surface area contributed by atoms with E-state index in [1.807, 2.05) is 14.0 Å². The van der Waals surface area contributed by atoms with Gasteiger partial charge in [-0.25, -0.2) is 0 Å². The highest BCUT2D eigenvalue weighted by atomic mass is 16.5. The summed E-state index contributed by atoms with van der Waals surface area (Å²) in [6.07, 6.45) is 0.107. The molecule has 0 spiro atoms. The molecule has 0 aliphatic carbocycles. The summed E-state index contributed by atoms with van der Waals surface area (Å²) in [7, 11) is 3.68. The summed E-state index contributed by atoms with van der Waals surface area (Å²) in [4.78, 5) is 0. The van der Waals surface area contributed by atoms with E-state index in [2.05, 4.69) is 38.2 Å². The van der Waals surface area contributed by atoms with Crippen LogP contribution in [0.5, 0.6) is 5.75 Å². The van der Waals surface area contributed by atoms with Crippen LogP contribution in [0.1, 0.15) is 36.6 Å². The van der Waals surface area contributed by atoms with Gasteiger partial charge < -0.3 is 14.8 Å². The van der Waals surface area contributed by atoms with Gasteiger partial charge in [0.05, 0.1) is 19.3 Å². The van der Waals surface area contributed by atoms with Gasteiger partial charge in [-0.15, -0.1) is 0 Å². The minimum atomic E-state index is 0.107. The predicted octanol–water partition coefficient (Wildman–Crippen LogP) is 3.00. The smallest absolute Gasteiger partial charge is 0.126 e. The molecule has 2 unspecified atom stereocenters. The average molecular weight is 251 g/mol. The van der Waals surface area contributed by atoms with Gasteiger partial charge in [0.15, 0.2) is 0 Å². The molecule has 1 rings (SSSR count). The Bertz CT molecular complexity index is 390. The fourth-order valence-corrected chi connectivity index (χ4v) is 2.33. The van der Waals surface area contributed by atoms with Crippen LogP contribution in [0.4, 0.5) is 0 Å². The molecule has 0 saturated carbocycles. The number of methoxy groups -OCH3 is 1. The molecule has 102 valence electrons. The second-order valence-corrected chi connectivity index (χ2v) is 4.56. The first-order valence-corrected chi connectivity index (χ1v) is 6.49. The van der Waals surface area contributed by atoms with Crippen molar-refractivity contribution >= 4 is 0 Å². The summed E-state index contributed by atoms with van der Waals surface area (Å²) in [5.74, 6) is 0.959. The Hall–Kier alpha value is -1.06. The van der Waals surface area contributed by atoms with Gasteiger partial charge in [0.2, 0.25) is 0 Å². The Labute approximate surface area is 110 Å². The Kier molecular flexibility index (Phi) is 5.63. The third-order valence-electron chi connectivity index (χ3n) is 3.46. The number of ether oxygens (including phenoxy) is 2. The first-order valence-electron chi connectivity index (χ1n) is 6.49. The van der Waals surface area contributed by atoms with E-state index in [0.29, 0.717) is 6.61 Å². The Morgan fingerprint density at radius 3 is 2.44 bits per heavy atom. The molecule has 0 saturated heterocycles. The highest BCUT2D eigenvalue weighted by Gasteiger charge is 2.22. The number of rotatable bonds is 6. The molecule has 1 N–H and O–H groups in total. The molecule has 0 bridgehead atoms. The van der Waals surface area contributed by atoms with Crippen LogP contribution in [-0.4, -0.2) is 26.9 Å². The monoisotopic (exact) mass is 251 g/mol. The predicted molar refractivity (Wildman–Crippen MR) is 75.4 cm³/mol. The number of likely N-dealkylation sites (N-methyl/N-ethyl adjacent to an activating group) is 1. The van der Waals surface area contributed by atoms with Crippen LogP contribution in [0.3, 0.4) is 0 Å². The number of hydrogen-bond donors (Lipinski definition) is 1. The summed E-state index contributed by atoms with van der Waals surface area (Å²) in [6.45, 7) is 9.00. The Morgan fingerprint density at radius 2 is 1.94 bits per heavy atom. The lowest BCUT2D eigenvalue weighted by Gasteiger charge is -2.26. The lowest BCUT2D eigenvalue weighted by molar-refractivity contribution is 0.0486. The molecule has 0 aliphatic heterocycles. The van der Waals surface area contributed by atoms with Gasteiger partial charge in [-0.05, 0) is 45.9 Å². The van der Waals surface area contributed by atoms with Crippen molar-refractivity contribution in [2.45, 2.75) is 39.8 Å². The summed E-state index contributed by atoms with van der Waals surface area (Å²) >= 11 is 0. The van der Waals surface area contributed by atoms with Crippen molar-refractivity contribution in [3.05, 3.63) is 28.8 Å². The van der Waals surface area contributed by atoms with Crippen LogP contribution < -0.4 is 10.1 Å². The second-order valence-electron chi connectivity index (χ2n) is 4.56. The van der Waals surface area contributed by atoms with E-state index in [1.54, 1.807) is 7.11 Å². The first-order chi connectivity index (χ1) is 8.56. The van der Waals surface area contributed by atoms with E-state index >= 15 is 0 Å². The maximum atomic E-state index is 5.70. The molecule has 18 heavy (non-hydrogen) atoms. The van der Waals surface area contributed by atoms with E-state index in [4.69, 9.17) is 9.47 Å². The topological polar surface area (TPSA) is 30.5 Å². The van der Waals surface area contributed by atoms with Crippen molar-refractivity contribution in [3.63, 3.8) is 0 Å². The molecular weight excluding hydrogens is 226 g/mol. The summed E-state index contributed by atoms with van der Waals surface area (Å²) in [5, 5.41) is 3.32. The quantitative estimate of drug-likeness (QED) is 0.843. The highest BCUT2D eigenvalue weighted by molar-refractivity contribution is 5.47. The lowest BCUT2D eigenvalue weighted by Crippen LogP contribution is -2.30. The van der Waals surface area contributed by atoms with Crippen molar-refractivity contribution in [1.82, 2.24) is 5.32 Å². The molecular formula is C15H25NO2. The van der Waals surface area contributed by atoms with Crippen molar-refractivity contribution in [3.8, 4) is 5.75 Å². The third kappa shape index (κ3) is 3.03. The molecule has 0 aromatic heterocycles. The van der Waals surface area contributed by atoms with Crippen molar-refractivity contribution < 1.29 is 9.47 Å². The van der Waals surface area contributed by atoms with Gasteiger partial charge in [0.1, 0.15) is 5.75 Å². The zero-order valence-corrected chi connectivity index (χ0v) is 12.3. The minimum absolute atomic E-state index is 0.107. The lowest BCUT2D eigenvalue weighted by atomic mass is 9.96. The van der Waals surface area contributed by atoms with Gasteiger partial charge in [-0.1, -0.05) is 12.1 Å². The Morgan fingerprint density at radius 1 is 1.28 bits per heavy atom. The van der Waals surface area contributed by atoms with E-state index in [-0.39, 0.29) is 12.1 Å². The van der Waals surface area contributed by atoms with E-state index in [1.165, 1.54) is 11.1 Å². The number of benzene rings is 1. The molecule has 3 nitrogen and oxygen atoms in total. The largest absolute Gasteiger partial charge is 0.496 e. The standard InChI is InChI=1S/C15H25NO2/c1-7-18-12(4)14(16-5)13-9-8-10(2)11(3)15(13)17-6/h8-9,12,14,16H,7H2,1-6H3. The molecule has 1 aromatic rings. The van der Waals surface area contributed by atoms with E-state index in [0.717, 1.165) is 11.3 Å². The van der Waals surface area contributed by atoms with Gasteiger partial charge >= 0.3 is 0 Å². The number of aryl methyl sites for hydroxylation is 1. The van der Waals surface area contributed by atoms with E-state index in [9.17, 15) is 0 Å². The van der Waals surface area contributed by atoms with Crippen LogP contribution in [-0.2, 0) is 4.74 Å². The first kappa shape index (κ1) is 15.0. The summed E-state index contributed by atoms with van der Waals surface area (Å²) < 4.78 is 11.3. The maximum Gasteiger partial charge on any atom is 0.126 e. The molecule has 0 amide bonds. The molecule has 0 aliphatic rings. The second kappa shape index (κ2) is 6.76. The summed E-state index contributed by atoms with van der Waals surface area (Å²) in [6, 6.07) is 4.40. The molecule has 0 radical (unpaired) electrons. The normalized spacial score (nSPS) is 14.3. The molecule has 0 heterocycles. The van der Waals surface area contributed by atoms with Crippen molar-refractivity contribution in [1.29, 1.82) is 0 Å².